The van der Waals surface area contributed by atoms with Gasteiger partial charge in [-0.05, 0) is 49.2 Å². The highest BCUT2D eigenvalue weighted by Crippen LogP contribution is 2.28. The number of ether oxygens (including phenoxy) is 1. The maximum absolute atomic E-state index is 12.1. The smallest absolute Gasteiger partial charge is 0.316 e. The number of halogens is 1. The van der Waals surface area contributed by atoms with Gasteiger partial charge in [0.25, 0.3) is 5.91 Å². The van der Waals surface area contributed by atoms with Crippen LogP contribution >= 0.6 is 27.7 Å². The number of benzene rings is 2. The molecule has 2 aromatic rings. The molecule has 0 fully saturated rings. The van der Waals surface area contributed by atoms with E-state index in [1.807, 2.05) is 56.3 Å². The molecule has 0 aliphatic rings. The average molecular weight is 422 g/mol. The molecule has 0 radical (unpaired) electrons. The molecule has 4 nitrogen and oxygen atoms in total. The van der Waals surface area contributed by atoms with Crippen molar-refractivity contribution < 1.29 is 14.3 Å². The second-order valence-electron chi connectivity index (χ2n) is 5.60. The molecule has 1 amide bonds. The molecule has 0 heterocycles. The molecule has 0 aliphatic carbocycles. The van der Waals surface area contributed by atoms with E-state index in [0.29, 0.717) is 0 Å². The Bertz CT molecular complexity index is 765. The molecular formula is C19H20BrNO3S. The zero-order valence-electron chi connectivity index (χ0n) is 14.4. The van der Waals surface area contributed by atoms with E-state index in [4.69, 9.17) is 4.74 Å². The first-order chi connectivity index (χ1) is 11.9. The third-order valence-electron chi connectivity index (χ3n) is 3.68. The van der Waals surface area contributed by atoms with Gasteiger partial charge in [-0.1, -0.05) is 34.1 Å². The molecule has 0 aliphatic heterocycles. The average Bonchev–Trinajstić information content (AvgIpc) is 2.61. The van der Waals surface area contributed by atoms with Crippen molar-refractivity contribution in [2.24, 2.45) is 0 Å². The normalized spacial score (nSPS) is 10.4. The molecule has 6 heteroatoms. The highest BCUT2D eigenvalue weighted by molar-refractivity contribution is 9.10. The summed E-state index contributed by atoms with van der Waals surface area (Å²) in [5, 5.41) is 0. The number of anilines is 1. The van der Waals surface area contributed by atoms with Crippen LogP contribution < -0.4 is 4.90 Å². The molecule has 2 aromatic carbocycles. The van der Waals surface area contributed by atoms with Gasteiger partial charge in [0.15, 0.2) is 6.61 Å². The highest BCUT2D eigenvalue weighted by atomic mass is 79.9. The summed E-state index contributed by atoms with van der Waals surface area (Å²) in [7, 11) is 1.66. The van der Waals surface area contributed by atoms with E-state index in [9.17, 15) is 9.59 Å². The molecule has 0 unspecified atom stereocenters. The van der Waals surface area contributed by atoms with E-state index in [2.05, 4.69) is 15.9 Å². The number of likely N-dealkylation sites (N-methyl/N-ethyl adjacent to an activating group) is 1. The Balaban J connectivity index is 1.83. The second kappa shape index (κ2) is 9.06. The van der Waals surface area contributed by atoms with E-state index in [1.54, 1.807) is 7.05 Å². The quantitative estimate of drug-likeness (QED) is 0.513. The van der Waals surface area contributed by atoms with Gasteiger partial charge in [0, 0.05) is 22.1 Å². The third kappa shape index (κ3) is 5.61. The molecule has 2 rings (SSSR count). The third-order valence-corrected chi connectivity index (χ3v) is 5.66. The van der Waals surface area contributed by atoms with Crippen molar-refractivity contribution in [3.05, 3.63) is 58.1 Å². The van der Waals surface area contributed by atoms with Crippen LogP contribution in [0.2, 0.25) is 0 Å². The van der Waals surface area contributed by atoms with Gasteiger partial charge >= 0.3 is 5.97 Å². The van der Waals surface area contributed by atoms with E-state index >= 15 is 0 Å². The maximum atomic E-state index is 12.1. The fraction of sp³-hybridized carbons (Fsp3) is 0.263. The molecule has 0 saturated heterocycles. The van der Waals surface area contributed by atoms with Gasteiger partial charge in [-0.25, -0.2) is 0 Å². The Morgan fingerprint density at radius 2 is 1.80 bits per heavy atom. The van der Waals surface area contributed by atoms with Crippen molar-refractivity contribution in [3.8, 4) is 0 Å². The number of carbonyl (C=O) groups is 2. The molecular weight excluding hydrogens is 402 g/mol. The standard InChI is InChI=1S/C19H20BrNO3S/c1-13-10-17(14(2)9-16(13)20)25-12-19(23)24-11-18(22)21(3)15-7-5-4-6-8-15/h4-10H,11-12H2,1-3H3. The highest BCUT2D eigenvalue weighted by Gasteiger charge is 2.14. The SMILES string of the molecule is Cc1cc(SCC(=O)OCC(=O)N(C)c2ccccc2)c(C)cc1Br. The molecule has 0 aromatic heterocycles. The van der Waals surface area contributed by atoms with Crippen LogP contribution in [0.5, 0.6) is 0 Å². The Morgan fingerprint density at radius 3 is 2.48 bits per heavy atom. The fourth-order valence-corrected chi connectivity index (χ4v) is 3.48. The molecule has 0 bridgehead atoms. The molecule has 0 spiro atoms. The molecule has 0 N–H and O–H groups in total. The first-order valence-electron chi connectivity index (χ1n) is 7.75. The fourth-order valence-electron chi connectivity index (χ4n) is 2.12. The van der Waals surface area contributed by atoms with Crippen LogP contribution in [0, 0.1) is 13.8 Å². The maximum Gasteiger partial charge on any atom is 0.316 e. The minimum atomic E-state index is -0.403. The van der Waals surface area contributed by atoms with Crippen molar-refractivity contribution in [1.82, 2.24) is 0 Å². The molecule has 25 heavy (non-hydrogen) atoms. The number of hydrogen-bond acceptors (Lipinski definition) is 4. The first-order valence-corrected chi connectivity index (χ1v) is 9.53. The van der Waals surface area contributed by atoms with Crippen LogP contribution in [0.4, 0.5) is 5.69 Å². The Kier molecular flexibility index (Phi) is 7.08. The minimum absolute atomic E-state index is 0.171. The number of carbonyl (C=O) groups excluding carboxylic acids is 2. The first kappa shape index (κ1) is 19.5. The zero-order valence-corrected chi connectivity index (χ0v) is 16.8. The van der Waals surface area contributed by atoms with Crippen molar-refractivity contribution in [2.75, 3.05) is 24.3 Å². The van der Waals surface area contributed by atoms with Gasteiger partial charge in [0.1, 0.15) is 0 Å². The number of nitrogens with zero attached hydrogens (tertiary/aromatic N) is 1. The number of aryl methyl sites for hydroxylation is 2. The summed E-state index contributed by atoms with van der Waals surface area (Å²) < 4.78 is 6.15. The summed E-state index contributed by atoms with van der Waals surface area (Å²) in [6, 6.07) is 13.3. The number of hydrogen-bond donors (Lipinski definition) is 0. The predicted molar refractivity (Wildman–Crippen MR) is 105 cm³/mol. The van der Waals surface area contributed by atoms with Gasteiger partial charge < -0.3 is 9.64 Å². The van der Waals surface area contributed by atoms with Crippen molar-refractivity contribution in [3.63, 3.8) is 0 Å². The second-order valence-corrected chi connectivity index (χ2v) is 7.48. The molecule has 132 valence electrons. The van der Waals surface area contributed by atoms with Gasteiger partial charge in [-0.2, -0.15) is 0 Å². The topological polar surface area (TPSA) is 46.6 Å². The number of esters is 1. The molecule has 0 saturated carbocycles. The lowest BCUT2D eigenvalue weighted by Gasteiger charge is -2.17. The summed E-state index contributed by atoms with van der Waals surface area (Å²) in [6.45, 7) is 3.74. The van der Waals surface area contributed by atoms with Crippen molar-refractivity contribution in [1.29, 1.82) is 0 Å². The monoisotopic (exact) mass is 421 g/mol. The van der Waals surface area contributed by atoms with Crippen LogP contribution in [0.3, 0.4) is 0 Å². The Morgan fingerprint density at radius 1 is 1.12 bits per heavy atom. The number of thioether (sulfide) groups is 1. The summed E-state index contributed by atoms with van der Waals surface area (Å²) in [4.78, 5) is 26.5. The number of rotatable bonds is 6. The summed E-state index contributed by atoms with van der Waals surface area (Å²) >= 11 is 4.90. The van der Waals surface area contributed by atoms with Gasteiger partial charge in [-0.15, -0.1) is 11.8 Å². The van der Waals surface area contributed by atoms with Crippen LogP contribution in [-0.4, -0.2) is 31.3 Å². The predicted octanol–water partition coefficient (Wildman–Crippen LogP) is 4.36. The Hall–Kier alpha value is -1.79. The summed E-state index contributed by atoms with van der Waals surface area (Å²) in [5.74, 6) is -0.496. The van der Waals surface area contributed by atoms with Crippen LogP contribution in [-0.2, 0) is 14.3 Å². The molecule has 0 atom stereocenters. The number of amides is 1. The largest absolute Gasteiger partial charge is 0.455 e. The lowest BCUT2D eigenvalue weighted by molar-refractivity contribution is -0.145. The van der Waals surface area contributed by atoms with Gasteiger partial charge in [0.05, 0.1) is 5.75 Å². The van der Waals surface area contributed by atoms with Gasteiger partial charge in [0.2, 0.25) is 0 Å². The summed E-state index contributed by atoms with van der Waals surface area (Å²) in [5.41, 5.74) is 2.97. The lowest BCUT2D eigenvalue weighted by atomic mass is 10.2. The van der Waals surface area contributed by atoms with E-state index in [0.717, 1.165) is 26.2 Å². The number of para-hydroxylation sites is 1. The lowest BCUT2D eigenvalue weighted by Crippen LogP contribution is -2.31. The van der Waals surface area contributed by atoms with Crippen LogP contribution in [0.1, 0.15) is 11.1 Å². The zero-order chi connectivity index (χ0) is 18.4. The van der Waals surface area contributed by atoms with Crippen LogP contribution in [0.25, 0.3) is 0 Å². The van der Waals surface area contributed by atoms with E-state index in [-0.39, 0.29) is 18.3 Å². The van der Waals surface area contributed by atoms with Gasteiger partial charge in [-0.3, -0.25) is 9.59 Å². The minimum Gasteiger partial charge on any atom is -0.455 e. The van der Waals surface area contributed by atoms with E-state index < -0.39 is 5.97 Å². The summed E-state index contributed by atoms with van der Waals surface area (Å²) in [6.07, 6.45) is 0. The Labute approximate surface area is 160 Å². The van der Waals surface area contributed by atoms with Crippen molar-refractivity contribution in [2.45, 2.75) is 18.7 Å². The van der Waals surface area contributed by atoms with Crippen molar-refractivity contribution >= 4 is 45.3 Å². The van der Waals surface area contributed by atoms with E-state index in [1.165, 1.54) is 16.7 Å². The van der Waals surface area contributed by atoms with Crippen LogP contribution in [0.15, 0.2) is 51.8 Å².